The highest BCUT2D eigenvalue weighted by Crippen LogP contribution is 2.55. The molecular formula is C46H53NO2. The molecule has 1 aliphatic rings. The van der Waals surface area contributed by atoms with Crippen LogP contribution in [0, 0.1) is 0 Å². The lowest BCUT2D eigenvalue weighted by atomic mass is 9.70. The van der Waals surface area contributed by atoms with Gasteiger partial charge in [0.1, 0.15) is 0 Å². The van der Waals surface area contributed by atoms with E-state index >= 15 is 0 Å². The van der Waals surface area contributed by atoms with E-state index in [-0.39, 0.29) is 5.41 Å². The summed E-state index contributed by atoms with van der Waals surface area (Å²) in [4.78, 5) is 14.1. The van der Waals surface area contributed by atoms with Crippen LogP contribution in [-0.2, 0) is 5.41 Å². The topological polar surface area (TPSA) is 40.5 Å². The van der Waals surface area contributed by atoms with Crippen LogP contribution in [0.2, 0.25) is 0 Å². The molecule has 0 atom stereocenters. The summed E-state index contributed by atoms with van der Waals surface area (Å²) < 4.78 is 0. The molecule has 5 aromatic rings. The van der Waals surface area contributed by atoms with Gasteiger partial charge in [-0.1, -0.05) is 152 Å². The number of carbonyl (C=O) groups is 1. The van der Waals surface area contributed by atoms with Gasteiger partial charge in [0, 0.05) is 22.5 Å². The molecule has 0 saturated heterocycles. The minimum absolute atomic E-state index is 0.0142. The number of anilines is 3. The van der Waals surface area contributed by atoms with Gasteiger partial charge in [-0.3, -0.25) is 0 Å². The fourth-order valence-corrected chi connectivity index (χ4v) is 8.18. The molecule has 3 nitrogen and oxygen atoms in total. The van der Waals surface area contributed by atoms with Crippen LogP contribution in [0.1, 0.15) is 125 Å². The van der Waals surface area contributed by atoms with Crippen LogP contribution in [0.5, 0.6) is 0 Å². The van der Waals surface area contributed by atoms with Crippen LogP contribution in [0.3, 0.4) is 0 Å². The summed E-state index contributed by atoms with van der Waals surface area (Å²) in [5.41, 5.74) is 9.14. The SMILES string of the molecule is CCCCCCCCC1(CCCCCCCC)c2ccccc2-c2ccc(N(c3ccc(C(=O)O)cc3)c3ccc4ccccc4c3)cc21. The molecule has 49 heavy (non-hydrogen) atoms. The number of fused-ring (bicyclic) bond motifs is 4. The highest BCUT2D eigenvalue weighted by molar-refractivity contribution is 5.92. The average molecular weight is 652 g/mol. The first-order chi connectivity index (χ1) is 24.1. The third-order valence-electron chi connectivity index (χ3n) is 10.8. The van der Waals surface area contributed by atoms with Crippen molar-refractivity contribution in [1.82, 2.24) is 0 Å². The number of hydrogen-bond donors (Lipinski definition) is 1. The molecule has 1 aliphatic carbocycles. The zero-order chi connectivity index (χ0) is 34.1. The predicted molar refractivity (Wildman–Crippen MR) is 208 cm³/mol. The highest BCUT2D eigenvalue weighted by atomic mass is 16.4. The Morgan fingerprint density at radius 3 is 1.73 bits per heavy atom. The molecule has 1 N–H and O–H groups in total. The Kier molecular flexibility index (Phi) is 11.5. The number of rotatable bonds is 18. The summed E-state index contributed by atoms with van der Waals surface area (Å²) in [6.45, 7) is 4.59. The second-order valence-corrected chi connectivity index (χ2v) is 14.1. The van der Waals surface area contributed by atoms with E-state index in [1.54, 1.807) is 12.1 Å². The molecular weight excluding hydrogens is 599 g/mol. The molecule has 3 heteroatoms. The van der Waals surface area contributed by atoms with Gasteiger partial charge in [-0.15, -0.1) is 0 Å². The standard InChI is InChI=1S/C46H53NO2/c1-3-5-7-9-11-17-31-46(32-18-12-10-8-6-4-2)43-22-16-15-21-41(43)42-30-29-40(34-44(42)46)47(38-26-24-36(25-27-38)45(48)49)39-28-23-35-19-13-14-20-37(35)33-39/h13-16,19-30,33-34H,3-12,17-18,31-32H2,1-2H3,(H,48,49). The van der Waals surface area contributed by atoms with Gasteiger partial charge in [0.25, 0.3) is 0 Å². The number of unbranched alkanes of at least 4 members (excludes halogenated alkanes) is 10. The first-order valence-electron chi connectivity index (χ1n) is 18.9. The minimum atomic E-state index is -0.909. The van der Waals surface area contributed by atoms with Gasteiger partial charge in [-0.25, -0.2) is 4.79 Å². The van der Waals surface area contributed by atoms with E-state index < -0.39 is 5.97 Å². The summed E-state index contributed by atoms with van der Waals surface area (Å²) in [7, 11) is 0. The van der Waals surface area contributed by atoms with Crippen LogP contribution in [0.25, 0.3) is 21.9 Å². The molecule has 0 fully saturated rings. The molecule has 6 rings (SSSR count). The van der Waals surface area contributed by atoms with Gasteiger partial charge in [0.2, 0.25) is 0 Å². The van der Waals surface area contributed by atoms with Crippen LogP contribution in [0.4, 0.5) is 17.1 Å². The third kappa shape index (κ3) is 7.62. The molecule has 0 spiro atoms. The molecule has 0 saturated carbocycles. The molecule has 0 aliphatic heterocycles. The lowest BCUT2D eigenvalue weighted by Crippen LogP contribution is -2.26. The van der Waals surface area contributed by atoms with Crippen molar-refractivity contribution in [3.63, 3.8) is 0 Å². The fraction of sp³-hybridized carbons (Fsp3) is 0.370. The van der Waals surface area contributed by atoms with Crippen molar-refractivity contribution in [3.05, 3.63) is 126 Å². The van der Waals surface area contributed by atoms with E-state index in [9.17, 15) is 9.90 Å². The largest absolute Gasteiger partial charge is 0.478 e. The summed E-state index contributed by atoms with van der Waals surface area (Å²) >= 11 is 0. The van der Waals surface area contributed by atoms with E-state index in [0.717, 1.165) is 17.1 Å². The smallest absolute Gasteiger partial charge is 0.335 e. The van der Waals surface area contributed by atoms with Crippen molar-refractivity contribution in [2.24, 2.45) is 0 Å². The third-order valence-corrected chi connectivity index (χ3v) is 10.8. The van der Waals surface area contributed by atoms with Crippen molar-refractivity contribution in [1.29, 1.82) is 0 Å². The normalized spacial score (nSPS) is 12.9. The maximum Gasteiger partial charge on any atom is 0.335 e. The number of carboxylic acids is 1. The van der Waals surface area contributed by atoms with Gasteiger partial charge in [0.05, 0.1) is 5.56 Å². The lowest BCUT2D eigenvalue weighted by molar-refractivity contribution is 0.0697. The maximum atomic E-state index is 11.8. The Bertz CT molecular complexity index is 1820. The fourth-order valence-electron chi connectivity index (χ4n) is 8.18. The van der Waals surface area contributed by atoms with E-state index in [2.05, 4.69) is 104 Å². The first-order valence-corrected chi connectivity index (χ1v) is 18.9. The zero-order valence-corrected chi connectivity index (χ0v) is 29.6. The lowest BCUT2D eigenvalue weighted by Gasteiger charge is -2.34. The molecule has 0 bridgehead atoms. The number of carboxylic acid groups (broad SMARTS) is 1. The number of benzene rings is 5. The van der Waals surface area contributed by atoms with Crippen molar-refractivity contribution in [2.75, 3.05) is 4.90 Å². The Morgan fingerprint density at radius 1 is 0.531 bits per heavy atom. The van der Waals surface area contributed by atoms with Gasteiger partial charge in [-0.05, 0) is 94.4 Å². The Hall–Kier alpha value is -4.37. The maximum absolute atomic E-state index is 11.8. The minimum Gasteiger partial charge on any atom is -0.478 e. The summed E-state index contributed by atoms with van der Waals surface area (Å²) in [6, 6.07) is 38.7. The molecule has 0 heterocycles. The molecule has 0 radical (unpaired) electrons. The predicted octanol–water partition coefficient (Wildman–Crippen LogP) is 13.8. The Morgan fingerprint density at radius 2 is 1.06 bits per heavy atom. The van der Waals surface area contributed by atoms with Crippen molar-refractivity contribution < 1.29 is 9.90 Å². The van der Waals surface area contributed by atoms with Gasteiger partial charge < -0.3 is 10.0 Å². The molecule has 0 unspecified atom stereocenters. The van der Waals surface area contributed by atoms with E-state index in [0.29, 0.717) is 5.56 Å². The Balaban J connectivity index is 1.44. The molecule has 5 aromatic carbocycles. The second kappa shape index (κ2) is 16.4. The number of nitrogens with zero attached hydrogens (tertiary/aromatic N) is 1. The summed E-state index contributed by atoms with van der Waals surface area (Å²) in [5, 5.41) is 12.0. The van der Waals surface area contributed by atoms with Crippen molar-refractivity contribution >= 4 is 33.8 Å². The Labute approximate surface area is 294 Å². The zero-order valence-electron chi connectivity index (χ0n) is 29.6. The highest BCUT2D eigenvalue weighted by Gasteiger charge is 2.42. The summed E-state index contributed by atoms with van der Waals surface area (Å²) in [5.74, 6) is -0.909. The molecule has 0 aromatic heterocycles. The van der Waals surface area contributed by atoms with Crippen LogP contribution in [-0.4, -0.2) is 11.1 Å². The van der Waals surface area contributed by atoms with Gasteiger partial charge in [0.15, 0.2) is 0 Å². The molecule has 254 valence electrons. The van der Waals surface area contributed by atoms with Crippen LogP contribution >= 0.6 is 0 Å². The van der Waals surface area contributed by atoms with Crippen molar-refractivity contribution in [3.8, 4) is 11.1 Å². The summed E-state index contributed by atoms with van der Waals surface area (Å²) in [6.07, 6.45) is 17.9. The van der Waals surface area contributed by atoms with Gasteiger partial charge in [-0.2, -0.15) is 0 Å². The van der Waals surface area contributed by atoms with E-state index in [4.69, 9.17) is 0 Å². The van der Waals surface area contributed by atoms with Crippen LogP contribution in [0.15, 0.2) is 109 Å². The monoisotopic (exact) mass is 651 g/mol. The van der Waals surface area contributed by atoms with E-state index in [1.807, 2.05) is 12.1 Å². The van der Waals surface area contributed by atoms with E-state index in [1.165, 1.54) is 123 Å². The molecule has 0 amide bonds. The van der Waals surface area contributed by atoms with Crippen molar-refractivity contribution in [2.45, 2.75) is 109 Å². The van der Waals surface area contributed by atoms with Gasteiger partial charge >= 0.3 is 5.97 Å². The van der Waals surface area contributed by atoms with Crippen LogP contribution < -0.4 is 4.90 Å². The number of hydrogen-bond acceptors (Lipinski definition) is 2. The quantitative estimate of drug-likeness (QED) is 0.0959. The second-order valence-electron chi connectivity index (χ2n) is 14.1. The number of aromatic carboxylic acids is 1. The first kappa shape index (κ1) is 34.5. The average Bonchev–Trinajstić information content (AvgIpc) is 3.40.